The number of hydrogen-bond donors (Lipinski definition) is 1. The van der Waals surface area contributed by atoms with Gasteiger partial charge in [-0.3, -0.25) is 9.67 Å². The number of aliphatic hydroxyl groups excluding tert-OH is 1. The van der Waals surface area contributed by atoms with Gasteiger partial charge in [0.1, 0.15) is 17.4 Å². The van der Waals surface area contributed by atoms with Crippen LogP contribution in [0, 0.1) is 5.82 Å². The predicted molar refractivity (Wildman–Crippen MR) is 99.5 cm³/mol. The van der Waals surface area contributed by atoms with Gasteiger partial charge in [-0.1, -0.05) is 24.3 Å². The van der Waals surface area contributed by atoms with Crippen LogP contribution in [0.3, 0.4) is 0 Å². The highest BCUT2D eigenvalue weighted by atomic mass is 79.9. The summed E-state index contributed by atoms with van der Waals surface area (Å²) in [6, 6.07) is 10.7. The molecule has 1 N–H and O–H groups in total. The highest BCUT2D eigenvalue weighted by molar-refractivity contribution is 9.10. The second-order valence-corrected chi connectivity index (χ2v) is 7.68. The lowest BCUT2D eigenvalue weighted by molar-refractivity contribution is 0.0995. The van der Waals surface area contributed by atoms with Crippen molar-refractivity contribution < 1.29 is 9.50 Å². The molecule has 6 heteroatoms. The molecule has 0 radical (unpaired) electrons. The van der Waals surface area contributed by atoms with E-state index in [2.05, 4.69) is 21.0 Å². The van der Waals surface area contributed by atoms with Crippen molar-refractivity contribution in [3.8, 4) is 0 Å². The van der Waals surface area contributed by atoms with E-state index in [1.165, 1.54) is 6.07 Å². The molecule has 1 atom stereocenters. The summed E-state index contributed by atoms with van der Waals surface area (Å²) in [5, 5.41) is 16.1. The van der Waals surface area contributed by atoms with Crippen molar-refractivity contribution in [3.05, 3.63) is 63.5 Å². The third-order valence-corrected chi connectivity index (χ3v) is 5.33. The van der Waals surface area contributed by atoms with E-state index in [1.54, 1.807) is 16.8 Å². The van der Waals surface area contributed by atoms with Crippen molar-refractivity contribution >= 4 is 32.5 Å². The van der Waals surface area contributed by atoms with Gasteiger partial charge in [-0.05, 0) is 41.9 Å². The van der Waals surface area contributed by atoms with E-state index in [9.17, 15) is 9.50 Å². The van der Waals surface area contributed by atoms with Gasteiger partial charge in [0.2, 0.25) is 0 Å². The highest BCUT2D eigenvalue weighted by Gasteiger charge is 2.39. The third kappa shape index (κ3) is 2.35. The molecule has 2 heterocycles. The minimum Gasteiger partial charge on any atom is -0.386 e. The normalized spacial score (nSPS) is 19.0. The molecule has 0 bridgehead atoms. The number of aliphatic hydroxyl groups is 1. The van der Waals surface area contributed by atoms with Gasteiger partial charge in [0, 0.05) is 28.0 Å². The van der Waals surface area contributed by atoms with Gasteiger partial charge >= 0.3 is 0 Å². The van der Waals surface area contributed by atoms with E-state index < -0.39 is 17.5 Å². The number of fused-ring (bicyclic) bond motifs is 2. The summed E-state index contributed by atoms with van der Waals surface area (Å²) in [7, 11) is 1.85. The average molecular weight is 402 g/mol. The Kier molecular flexibility index (Phi) is 3.60. The first-order valence-corrected chi connectivity index (χ1v) is 8.79. The van der Waals surface area contributed by atoms with Crippen LogP contribution in [-0.2, 0) is 7.05 Å². The summed E-state index contributed by atoms with van der Waals surface area (Å²) in [5.41, 5.74) is 2.34. The predicted octanol–water partition coefficient (Wildman–Crippen LogP) is 4.14. The Labute approximate surface area is 153 Å². The second-order valence-electron chi connectivity index (χ2n) is 6.83. The molecule has 1 aliphatic rings. The minimum atomic E-state index is -1.00. The molecule has 0 fully saturated rings. The monoisotopic (exact) mass is 401 g/mol. The van der Waals surface area contributed by atoms with Gasteiger partial charge in [0.05, 0.1) is 16.9 Å². The number of nitrogens with zero attached hydrogens (tertiary/aromatic N) is 3. The topological polar surface area (TPSA) is 50.4 Å². The Hall–Kier alpha value is -2.05. The Bertz CT molecular complexity index is 1040. The summed E-state index contributed by atoms with van der Waals surface area (Å²) in [6.45, 7) is 3.61. The molecule has 2 aromatic carbocycles. The van der Waals surface area contributed by atoms with Crippen LogP contribution in [0.5, 0.6) is 0 Å². The summed E-state index contributed by atoms with van der Waals surface area (Å²) in [6.07, 6.45) is -1.00. The lowest BCUT2D eigenvalue weighted by atomic mass is 9.82. The molecule has 4 nitrogen and oxygen atoms in total. The van der Waals surface area contributed by atoms with Crippen LogP contribution in [0.15, 0.2) is 45.9 Å². The molecular weight excluding hydrogens is 385 g/mol. The Morgan fingerprint density at radius 1 is 1.20 bits per heavy atom. The first-order chi connectivity index (χ1) is 11.8. The molecule has 128 valence electrons. The van der Waals surface area contributed by atoms with E-state index in [1.807, 2.05) is 39.1 Å². The van der Waals surface area contributed by atoms with Crippen molar-refractivity contribution in [1.82, 2.24) is 9.78 Å². The average Bonchev–Trinajstić information content (AvgIpc) is 2.88. The summed E-state index contributed by atoms with van der Waals surface area (Å²) < 4.78 is 17.2. The highest BCUT2D eigenvalue weighted by Crippen LogP contribution is 2.40. The van der Waals surface area contributed by atoms with E-state index in [-0.39, 0.29) is 0 Å². The quantitative estimate of drug-likeness (QED) is 0.665. The standard InChI is InChI=1S/C19H17BrFN3O/c1-19(2)18(25)14-10(6-5-9-13(14)21)16(22-19)17-11-7-4-8-12(20)15(11)23-24(17)3/h4-9,18,25H,1-3H3. The number of hydrogen-bond acceptors (Lipinski definition) is 3. The molecule has 1 unspecified atom stereocenters. The molecule has 0 spiro atoms. The molecule has 0 saturated carbocycles. The van der Waals surface area contributed by atoms with Crippen molar-refractivity contribution in [2.75, 3.05) is 0 Å². The van der Waals surface area contributed by atoms with Crippen LogP contribution in [0.4, 0.5) is 4.39 Å². The summed E-state index contributed by atoms with van der Waals surface area (Å²) in [5.74, 6) is -0.418. The number of aliphatic imine (C=N–C) groups is 1. The lowest BCUT2D eigenvalue weighted by Crippen LogP contribution is -2.35. The zero-order chi connectivity index (χ0) is 17.9. The summed E-state index contributed by atoms with van der Waals surface area (Å²) >= 11 is 3.53. The molecular formula is C19H17BrFN3O. The van der Waals surface area contributed by atoms with Crippen LogP contribution < -0.4 is 0 Å². The maximum Gasteiger partial charge on any atom is 0.129 e. The second kappa shape index (κ2) is 5.47. The van der Waals surface area contributed by atoms with Crippen molar-refractivity contribution in [3.63, 3.8) is 0 Å². The van der Waals surface area contributed by atoms with Gasteiger partial charge in [0.15, 0.2) is 0 Å². The first-order valence-electron chi connectivity index (χ1n) is 7.99. The van der Waals surface area contributed by atoms with Crippen molar-refractivity contribution in [2.24, 2.45) is 12.0 Å². The zero-order valence-corrected chi connectivity index (χ0v) is 15.7. The Morgan fingerprint density at radius 3 is 2.68 bits per heavy atom. The Morgan fingerprint density at radius 2 is 1.92 bits per heavy atom. The van der Waals surface area contributed by atoms with Crippen molar-refractivity contribution in [1.29, 1.82) is 0 Å². The zero-order valence-electron chi connectivity index (χ0n) is 14.1. The van der Waals surface area contributed by atoms with Crippen LogP contribution in [0.2, 0.25) is 0 Å². The maximum absolute atomic E-state index is 14.5. The van der Waals surface area contributed by atoms with Crippen LogP contribution >= 0.6 is 15.9 Å². The number of aromatic nitrogens is 2. The van der Waals surface area contributed by atoms with Gasteiger partial charge in [-0.15, -0.1) is 0 Å². The largest absolute Gasteiger partial charge is 0.386 e. The van der Waals surface area contributed by atoms with E-state index >= 15 is 0 Å². The molecule has 25 heavy (non-hydrogen) atoms. The van der Waals surface area contributed by atoms with E-state index in [0.29, 0.717) is 16.8 Å². The van der Waals surface area contributed by atoms with Gasteiger partial charge in [0.25, 0.3) is 0 Å². The summed E-state index contributed by atoms with van der Waals surface area (Å²) in [4.78, 5) is 4.78. The van der Waals surface area contributed by atoms with Gasteiger partial charge in [-0.2, -0.15) is 5.10 Å². The van der Waals surface area contributed by atoms with Gasteiger partial charge < -0.3 is 5.11 Å². The van der Waals surface area contributed by atoms with Crippen molar-refractivity contribution in [2.45, 2.75) is 25.5 Å². The smallest absolute Gasteiger partial charge is 0.129 e. The van der Waals surface area contributed by atoms with E-state index in [4.69, 9.17) is 4.99 Å². The van der Waals surface area contributed by atoms with E-state index in [0.717, 1.165) is 21.1 Å². The minimum absolute atomic E-state index is 0.293. The molecule has 1 aliphatic heterocycles. The Balaban J connectivity index is 2.09. The van der Waals surface area contributed by atoms with Gasteiger partial charge in [-0.25, -0.2) is 4.39 Å². The molecule has 4 rings (SSSR count). The van der Waals surface area contributed by atoms with Crippen LogP contribution in [-0.4, -0.2) is 26.1 Å². The lowest BCUT2D eigenvalue weighted by Gasteiger charge is -2.34. The number of benzene rings is 2. The molecule has 0 aliphatic carbocycles. The third-order valence-electron chi connectivity index (χ3n) is 4.69. The molecule has 1 aromatic heterocycles. The maximum atomic E-state index is 14.5. The molecule has 3 aromatic rings. The fraction of sp³-hybridized carbons (Fsp3) is 0.263. The number of rotatable bonds is 1. The number of aryl methyl sites for hydroxylation is 1. The fourth-order valence-electron chi connectivity index (χ4n) is 3.43. The van der Waals surface area contributed by atoms with Crippen LogP contribution in [0.25, 0.3) is 10.9 Å². The fourth-order valence-corrected chi connectivity index (χ4v) is 3.87. The SMILES string of the molecule is Cn1nc2c(Br)cccc2c1C1=NC(C)(C)C(O)c2c(F)cccc21. The van der Waals surface area contributed by atoms with Crippen LogP contribution in [0.1, 0.15) is 36.8 Å². The molecule has 0 amide bonds. The number of halogens is 2. The first kappa shape index (κ1) is 16.4. The molecule has 0 saturated heterocycles.